The lowest BCUT2D eigenvalue weighted by Crippen LogP contribution is -2.63. The molecule has 2 fully saturated rings. The van der Waals surface area contributed by atoms with Crippen molar-refractivity contribution in [2.75, 3.05) is 60.2 Å². The summed E-state index contributed by atoms with van der Waals surface area (Å²) in [6, 6.07) is 12.7. The number of morpholine rings is 1. The molecule has 0 radical (unpaired) electrons. The van der Waals surface area contributed by atoms with E-state index in [-0.39, 0.29) is 18.4 Å². The average molecular weight is 519 g/mol. The monoisotopic (exact) mass is 518 g/mol. The lowest BCUT2D eigenvalue weighted by molar-refractivity contribution is -0.158. The molecule has 2 atom stereocenters. The van der Waals surface area contributed by atoms with Crippen molar-refractivity contribution in [3.63, 3.8) is 0 Å². The van der Waals surface area contributed by atoms with Crippen LogP contribution in [0.4, 0.5) is 0 Å². The molecule has 4 heterocycles. The first-order chi connectivity index (χ1) is 18.6. The Morgan fingerprint density at radius 1 is 1.00 bits per heavy atom. The number of nitrogens with one attached hydrogen (secondary N) is 1. The van der Waals surface area contributed by atoms with E-state index in [1.165, 1.54) is 0 Å². The number of hydrogen-bond donors (Lipinski definition) is 1. The maximum Gasteiger partial charge on any atom is 0.246 e. The summed E-state index contributed by atoms with van der Waals surface area (Å²) < 4.78 is 16.8. The summed E-state index contributed by atoms with van der Waals surface area (Å²) in [5, 5.41) is 1.08. The number of H-pyrrole nitrogens is 1. The number of aromatic nitrogens is 1. The molecule has 3 aromatic rings. The van der Waals surface area contributed by atoms with E-state index in [0.29, 0.717) is 24.5 Å². The smallest absolute Gasteiger partial charge is 0.246 e. The van der Waals surface area contributed by atoms with Crippen LogP contribution >= 0.6 is 0 Å². The number of benzene rings is 2. The third-order valence-electron chi connectivity index (χ3n) is 8.08. The molecule has 1 N–H and O–H groups in total. The van der Waals surface area contributed by atoms with Gasteiger partial charge in [0.25, 0.3) is 0 Å². The number of carbonyl (C=O) groups excluding carboxylic acids is 2. The molecular weight excluding hydrogens is 484 g/mol. The Bertz CT molecular complexity index is 1350. The third kappa shape index (κ3) is 4.19. The normalized spacial score (nSPS) is 21.9. The molecule has 3 aliphatic heterocycles. The van der Waals surface area contributed by atoms with E-state index < -0.39 is 12.1 Å². The van der Waals surface area contributed by atoms with Crippen LogP contribution in [0.5, 0.6) is 11.5 Å². The van der Waals surface area contributed by atoms with Gasteiger partial charge in [-0.05, 0) is 24.1 Å². The van der Waals surface area contributed by atoms with Gasteiger partial charge in [0.05, 0.1) is 34.0 Å². The Labute approximate surface area is 222 Å². The van der Waals surface area contributed by atoms with Crippen molar-refractivity contribution in [1.29, 1.82) is 0 Å². The third-order valence-corrected chi connectivity index (χ3v) is 8.08. The highest BCUT2D eigenvalue weighted by Gasteiger charge is 2.49. The summed E-state index contributed by atoms with van der Waals surface area (Å²) >= 11 is 0. The summed E-state index contributed by atoms with van der Waals surface area (Å²) in [4.78, 5) is 37.2. The van der Waals surface area contributed by atoms with Crippen LogP contribution in [-0.2, 0) is 20.7 Å². The van der Waals surface area contributed by atoms with Crippen molar-refractivity contribution in [2.45, 2.75) is 24.9 Å². The standard InChI is InChI=1S/C29H34N4O5/c1-36-24-10-5-8-20(28(24)37-2)27-26-21(19-7-3-4-9-22(19)30-26)17-23-29(35)32(18-25(34)33(23)27)12-6-11-31-13-15-38-16-14-31/h3-5,7-10,23,27,30H,6,11-18H2,1-2H3. The zero-order chi connectivity index (χ0) is 26.2. The SMILES string of the molecule is COc1cccc(C2c3[nH]c4ccccc4c3CC3C(=O)N(CCCN4CCOCC4)CC(=O)N32)c1OC. The van der Waals surface area contributed by atoms with Gasteiger partial charge >= 0.3 is 0 Å². The van der Waals surface area contributed by atoms with Gasteiger partial charge in [-0.1, -0.05) is 30.3 Å². The summed E-state index contributed by atoms with van der Waals surface area (Å²) in [5.41, 5.74) is 3.79. The van der Waals surface area contributed by atoms with Crippen LogP contribution < -0.4 is 9.47 Å². The first-order valence-electron chi connectivity index (χ1n) is 13.3. The van der Waals surface area contributed by atoms with Gasteiger partial charge in [-0.15, -0.1) is 0 Å². The number of para-hydroxylation sites is 2. The van der Waals surface area contributed by atoms with Crippen molar-refractivity contribution >= 4 is 22.7 Å². The fourth-order valence-corrected chi connectivity index (χ4v) is 6.27. The Morgan fingerprint density at radius 2 is 1.82 bits per heavy atom. The maximum atomic E-state index is 13.9. The highest BCUT2D eigenvalue weighted by atomic mass is 16.5. The minimum Gasteiger partial charge on any atom is -0.493 e. The number of fused-ring (bicyclic) bond motifs is 4. The van der Waals surface area contributed by atoms with Gasteiger partial charge in [0.2, 0.25) is 11.8 Å². The van der Waals surface area contributed by atoms with Crippen molar-refractivity contribution in [3.05, 3.63) is 59.3 Å². The average Bonchev–Trinajstić information content (AvgIpc) is 3.33. The molecule has 0 bridgehead atoms. The molecule has 2 amide bonds. The van der Waals surface area contributed by atoms with Gasteiger partial charge in [-0.2, -0.15) is 0 Å². The van der Waals surface area contributed by atoms with E-state index in [1.807, 2.05) is 36.4 Å². The molecule has 9 heteroatoms. The van der Waals surface area contributed by atoms with Crippen molar-refractivity contribution in [3.8, 4) is 11.5 Å². The fraction of sp³-hybridized carbons (Fsp3) is 0.448. The molecule has 2 unspecified atom stereocenters. The lowest BCUT2D eigenvalue weighted by atomic mass is 9.85. The minimum atomic E-state index is -0.577. The highest BCUT2D eigenvalue weighted by molar-refractivity contribution is 5.97. The Hall–Kier alpha value is -3.56. The summed E-state index contributed by atoms with van der Waals surface area (Å²) in [6.45, 7) is 4.87. The zero-order valence-electron chi connectivity index (χ0n) is 21.9. The first-order valence-corrected chi connectivity index (χ1v) is 13.3. The molecule has 9 nitrogen and oxygen atoms in total. The highest BCUT2D eigenvalue weighted by Crippen LogP contribution is 2.46. The van der Waals surface area contributed by atoms with Gasteiger partial charge in [0.1, 0.15) is 12.1 Å². The Balaban J connectivity index is 1.36. The number of carbonyl (C=O) groups is 2. The predicted molar refractivity (Wildman–Crippen MR) is 142 cm³/mol. The first kappa shape index (κ1) is 24.8. The molecule has 0 spiro atoms. The number of rotatable bonds is 7. The molecule has 200 valence electrons. The molecule has 0 saturated carbocycles. The lowest BCUT2D eigenvalue weighted by Gasteiger charge is -2.47. The van der Waals surface area contributed by atoms with Gasteiger partial charge in [0, 0.05) is 54.8 Å². The van der Waals surface area contributed by atoms with E-state index >= 15 is 0 Å². The zero-order valence-corrected chi connectivity index (χ0v) is 21.9. The van der Waals surface area contributed by atoms with E-state index in [0.717, 1.165) is 67.0 Å². The molecule has 2 saturated heterocycles. The van der Waals surface area contributed by atoms with Crippen LogP contribution in [0.1, 0.15) is 29.3 Å². The van der Waals surface area contributed by atoms with E-state index in [9.17, 15) is 9.59 Å². The Kier molecular flexibility index (Phi) is 6.71. The van der Waals surface area contributed by atoms with Crippen molar-refractivity contribution in [1.82, 2.24) is 19.7 Å². The number of amides is 2. The van der Waals surface area contributed by atoms with Crippen LogP contribution in [0.2, 0.25) is 0 Å². The van der Waals surface area contributed by atoms with Crippen LogP contribution in [0.25, 0.3) is 10.9 Å². The molecule has 1 aromatic heterocycles. The fourth-order valence-electron chi connectivity index (χ4n) is 6.27. The number of ether oxygens (including phenoxy) is 3. The largest absolute Gasteiger partial charge is 0.493 e. The van der Waals surface area contributed by atoms with Crippen LogP contribution in [0, 0.1) is 0 Å². The van der Waals surface area contributed by atoms with Gasteiger partial charge < -0.3 is 29.0 Å². The number of hydrogen-bond acceptors (Lipinski definition) is 6. The van der Waals surface area contributed by atoms with Gasteiger partial charge in [-0.25, -0.2) is 0 Å². The maximum absolute atomic E-state index is 13.9. The summed E-state index contributed by atoms with van der Waals surface area (Å²) in [6.07, 6.45) is 1.31. The summed E-state index contributed by atoms with van der Waals surface area (Å²) in [5.74, 6) is 1.11. The number of nitrogens with zero attached hydrogens (tertiary/aromatic N) is 3. The summed E-state index contributed by atoms with van der Waals surface area (Å²) in [7, 11) is 3.21. The molecule has 38 heavy (non-hydrogen) atoms. The predicted octanol–water partition coefficient (Wildman–Crippen LogP) is 2.59. The Morgan fingerprint density at radius 3 is 2.61 bits per heavy atom. The second kappa shape index (κ2) is 10.3. The number of methoxy groups -OCH3 is 2. The molecule has 3 aliphatic rings. The van der Waals surface area contributed by atoms with Crippen molar-refractivity contribution in [2.24, 2.45) is 0 Å². The van der Waals surface area contributed by atoms with Gasteiger partial charge in [0.15, 0.2) is 11.5 Å². The second-order valence-corrected chi connectivity index (χ2v) is 10.1. The quantitative estimate of drug-likeness (QED) is 0.518. The topological polar surface area (TPSA) is 87.3 Å². The molecule has 2 aromatic carbocycles. The van der Waals surface area contributed by atoms with E-state index in [2.05, 4.69) is 16.0 Å². The minimum absolute atomic E-state index is 0.00868. The van der Waals surface area contributed by atoms with E-state index in [1.54, 1.807) is 24.0 Å². The van der Waals surface area contributed by atoms with Crippen molar-refractivity contribution < 1.29 is 23.8 Å². The van der Waals surface area contributed by atoms with E-state index in [4.69, 9.17) is 14.2 Å². The second-order valence-electron chi connectivity index (χ2n) is 10.1. The molecule has 0 aliphatic carbocycles. The van der Waals surface area contributed by atoms with Crippen LogP contribution in [0.15, 0.2) is 42.5 Å². The van der Waals surface area contributed by atoms with Crippen LogP contribution in [0.3, 0.4) is 0 Å². The molecule has 6 rings (SSSR count). The van der Waals surface area contributed by atoms with Gasteiger partial charge in [-0.3, -0.25) is 14.5 Å². The number of aromatic amines is 1. The van der Waals surface area contributed by atoms with Crippen LogP contribution in [-0.4, -0.2) is 97.7 Å². The molecular formula is C29H34N4O5. The number of piperazine rings is 1.